The number of fused-ring (bicyclic) bond motifs is 2. The van der Waals surface area contributed by atoms with Gasteiger partial charge in [-0.1, -0.05) is 42.5 Å². The summed E-state index contributed by atoms with van der Waals surface area (Å²) in [5.41, 5.74) is 2.40. The molecular formula is C22H16N2O3S. The van der Waals surface area contributed by atoms with Crippen molar-refractivity contribution < 1.29 is 13.9 Å². The zero-order valence-electron chi connectivity index (χ0n) is 14.8. The van der Waals surface area contributed by atoms with E-state index in [0.29, 0.717) is 17.8 Å². The fraction of sp³-hybridized carbons (Fsp3) is 0.0909. The summed E-state index contributed by atoms with van der Waals surface area (Å²) < 4.78 is 18.9. The number of ether oxygens (including phenoxy) is 2. The van der Waals surface area contributed by atoms with E-state index >= 15 is 0 Å². The van der Waals surface area contributed by atoms with Crippen molar-refractivity contribution in [2.75, 3.05) is 0 Å². The number of nitrogens with zero attached hydrogens (tertiary/aromatic N) is 2. The molecule has 0 bridgehead atoms. The average molecular weight is 388 g/mol. The molecule has 0 aliphatic rings. The third-order valence-corrected chi connectivity index (χ3v) is 5.26. The Hall–Kier alpha value is -3.38. The fourth-order valence-electron chi connectivity index (χ4n) is 2.92. The number of hydrogen-bond donors (Lipinski definition) is 0. The molecule has 28 heavy (non-hydrogen) atoms. The van der Waals surface area contributed by atoms with Crippen molar-refractivity contribution in [2.45, 2.75) is 12.7 Å². The van der Waals surface area contributed by atoms with E-state index in [9.17, 15) is 0 Å². The second-order valence-electron chi connectivity index (χ2n) is 6.21. The van der Waals surface area contributed by atoms with Crippen molar-refractivity contribution in [3.63, 3.8) is 0 Å². The van der Waals surface area contributed by atoms with Crippen molar-refractivity contribution in [1.82, 2.24) is 9.97 Å². The Bertz CT molecular complexity index is 1070. The van der Waals surface area contributed by atoms with Crippen LogP contribution >= 0.6 is 11.3 Å². The van der Waals surface area contributed by atoms with Crippen molar-refractivity contribution in [3.05, 3.63) is 83.9 Å². The molecular weight excluding hydrogens is 372 g/mol. The first-order valence-corrected chi connectivity index (χ1v) is 9.73. The first kappa shape index (κ1) is 16.8. The molecule has 0 N–H and O–H groups in total. The molecule has 138 valence electrons. The Morgan fingerprint density at radius 2 is 1.54 bits per heavy atom. The number of aromatic nitrogens is 2. The predicted molar refractivity (Wildman–Crippen MR) is 109 cm³/mol. The largest absolute Gasteiger partial charge is 0.454 e. The smallest absolute Gasteiger partial charge is 0.397 e. The van der Waals surface area contributed by atoms with E-state index in [0.717, 1.165) is 20.7 Å². The lowest BCUT2D eigenvalue weighted by Crippen LogP contribution is -2.26. The molecule has 0 radical (unpaired) electrons. The van der Waals surface area contributed by atoms with Crippen LogP contribution in [0, 0.1) is 0 Å². The highest BCUT2D eigenvalue weighted by Gasteiger charge is 2.19. The van der Waals surface area contributed by atoms with Gasteiger partial charge in [0.2, 0.25) is 0 Å². The van der Waals surface area contributed by atoms with Crippen LogP contribution in [-0.4, -0.2) is 16.3 Å². The molecule has 0 fully saturated rings. The summed E-state index contributed by atoms with van der Waals surface area (Å²) in [5.74, 6) is 0.713. The molecule has 0 saturated carbocycles. The van der Waals surface area contributed by atoms with Crippen LogP contribution in [0.25, 0.3) is 21.3 Å². The minimum atomic E-state index is -0.615. The topological polar surface area (TPSA) is 57.4 Å². The van der Waals surface area contributed by atoms with Crippen LogP contribution in [0.5, 0.6) is 11.8 Å². The van der Waals surface area contributed by atoms with Gasteiger partial charge in [0.25, 0.3) is 6.29 Å². The molecule has 0 aliphatic carbocycles. The molecule has 3 aromatic carbocycles. The van der Waals surface area contributed by atoms with E-state index in [1.54, 1.807) is 11.3 Å². The van der Waals surface area contributed by atoms with Gasteiger partial charge in [-0.3, -0.25) is 0 Å². The third-order valence-electron chi connectivity index (χ3n) is 4.20. The third kappa shape index (κ3) is 3.54. The van der Waals surface area contributed by atoms with Gasteiger partial charge in [0, 0.05) is 0 Å². The standard InChI is InChI=1S/C22H16N2O3S/c1-2-8-15(9-3-1)25-21(14-20-23-17-11-5-7-13-19(17)28-20)27-22-24-16-10-4-6-12-18(16)26-22/h1-13,21H,14H2. The predicted octanol–water partition coefficient (Wildman–Crippen LogP) is 5.46. The lowest BCUT2D eigenvalue weighted by molar-refractivity contribution is -0.0132. The maximum atomic E-state index is 6.06. The molecule has 5 aromatic rings. The number of hydrogen-bond acceptors (Lipinski definition) is 6. The van der Waals surface area contributed by atoms with Crippen LogP contribution in [0.1, 0.15) is 5.01 Å². The van der Waals surface area contributed by atoms with Crippen molar-refractivity contribution in [1.29, 1.82) is 0 Å². The number of rotatable bonds is 6. The van der Waals surface area contributed by atoms with Gasteiger partial charge >= 0.3 is 6.08 Å². The quantitative estimate of drug-likeness (QED) is 0.361. The van der Waals surface area contributed by atoms with Gasteiger partial charge in [0.15, 0.2) is 5.58 Å². The van der Waals surface area contributed by atoms with Gasteiger partial charge in [0.05, 0.1) is 16.6 Å². The highest BCUT2D eigenvalue weighted by Crippen LogP contribution is 2.26. The number of para-hydroxylation sites is 4. The Morgan fingerprint density at radius 3 is 2.36 bits per heavy atom. The summed E-state index contributed by atoms with van der Waals surface area (Å²) in [6.07, 6.45) is 0.0479. The van der Waals surface area contributed by atoms with Crippen LogP contribution in [0.3, 0.4) is 0 Å². The van der Waals surface area contributed by atoms with Gasteiger partial charge in [-0.05, 0) is 36.4 Å². The Morgan fingerprint density at radius 1 is 0.786 bits per heavy atom. The fourth-order valence-corrected chi connectivity index (χ4v) is 3.90. The number of oxazole rings is 1. The van der Waals surface area contributed by atoms with Gasteiger partial charge < -0.3 is 13.9 Å². The zero-order chi connectivity index (χ0) is 18.8. The monoisotopic (exact) mass is 388 g/mol. The summed E-state index contributed by atoms with van der Waals surface area (Å²) >= 11 is 1.63. The zero-order valence-corrected chi connectivity index (χ0v) is 15.6. The molecule has 2 heterocycles. The van der Waals surface area contributed by atoms with E-state index in [-0.39, 0.29) is 6.08 Å². The maximum Gasteiger partial charge on any atom is 0.397 e. The normalized spacial score (nSPS) is 12.3. The van der Waals surface area contributed by atoms with Crippen LogP contribution in [0.15, 0.2) is 83.3 Å². The Kier molecular flexibility index (Phi) is 4.39. The second-order valence-corrected chi connectivity index (χ2v) is 7.32. The summed E-state index contributed by atoms with van der Waals surface area (Å²) in [6, 6.07) is 25.2. The SMILES string of the molecule is c1ccc(OC(Cc2nc3ccccc3s2)Oc2nc3ccccc3o2)cc1. The highest BCUT2D eigenvalue weighted by atomic mass is 32.1. The number of thiazole rings is 1. The lowest BCUT2D eigenvalue weighted by Gasteiger charge is -2.17. The lowest BCUT2D eigenvalue weighted by atomic mass is 10.3. The van der Waals surface area contributed by atoms with E-state index in [2.05, 4.69) is 16.0 Å². The number of benzene rings is 3. The maximum absolute atomic E-state index is 6.06. The van der Waals surface area contributed by atoms with Crippen LogP contribution < -0.4 is 9.47 Å². The molecule has 5 nitrogen and oxygen atoms in total. The molecule has 1 atom stereocenters. The van der Waals surface area contributed by atoms with Crippen molar-refractivity contribution in [2.24, 2.45) is 0 Å². The van der Waals surface area contributed by atoms with Gasteiger partial charge in [-0.2, -0.15) is 4.98 Å². The van der Waals surface area contributed by atoms with Crippen molar-refractivity contribution in [3.8, 4) is 11.8 Å². The van der Waals surface area contributed by atoms with E-state index in [1.165, 1.54) is 0 Å². The summed E-state index contributed by atoms with van der Waals surface area (Å²) in [5, 5.41) is 0.929. The van der Waals surface area contributed by atoms with Gasteiger partial charge in [0.1, 0.15) is 16.3 Å². The van der Waals surface area contributed by atoms with E-state index in [4.69, 9.17) is 13.9 Å². The highest BCUT2D eigenvalue weighted by molar-refractivity contribution is 7.18. The molecule has 0 spiro atoms. The Balaban J connectivity index is 1.43. The molecule has 0 amide bonds. The molecule has 5 rings (SSSR count). The first-order valence-electron chi connectivity index (χ1n) is 8.92. The molecule has 0 aliphatic heterocycles. The molecule has 0 saturated heterocycles. The van der Waals surface area contributed by atoms with Gasteiger partial charge in [-0.25, -0.2) is 4.98 Å². The van der Waals surface area contributed by atoms with Crippen LogP contribution in [0.2, 0.25) is 0 Å². The van der Waals surface area contributed by atoms with Crippen molar-refractivity contribution >= 4 is 32.7 Å². The van der Waals surface area contributed by atoms with Gasteiger partial charge in [-0.15, -0.1) is 11.3 Å². The summed E-state index contributed by atoms with van der Waals surface area (Å²) in [4.78, 5) is 9.08. The van der Waals surface area contributed by atoms with Crippen LogP contribution in [0.4, 0.5) is 0 Å². The summed E-state index contributed by atoms with van der Waals surface area (Å²) in [6.45, 7) is 0. The molecule has 6 heteroatoms. The van der Waals surface area contributed by atoms with Crippen LogP contribution in [-0.2, 0) is 6.42 Å². The average Bonchev–Trinajstić information content (AvgIpc) is 3.31. The first-order chi connectivity index (χ1) is 13.8. The minimum Gasteiger partial charge on any atom is -0.454 e. The van der Waals surface area contributed by atoms with E-state index in [1.807, 2.05) is 72.8 Å². The second kappa shape index (κ2) is 7.32. The van der Waals surface area contributed by atoms with E-state index < -0.39 is 6.29 Å². The summed E-state index contributed by atoms with van der Waals surface area (Å²) in [7, 11) is 0. The minimum absolute atomic E-state index is 0.184. The molecule has 2 aromatic heterocycles. The Labute approximate surface area is 165 Å². The molecule has 1 unspecified atom stereocenters.